The second-order valence-electron chi connectivity index (χ2n) is 2.81. The fraction of sp³-hybridized carbons (Fsp3) is 0. The van der Waals surface area contributed by atoms with Crippen molar-refractivity contribution in [2.24, 2.45) is 0 Å². The third-order valence-electron chi connectivity index (χ3n) is 1.91. The van der Waals surface area contributed by atoms with Crippen LogP contribution in [0.3, 0.4) is 0 Å². The summed E-state index contributed by atoms with van der Waals surface area (Å²) >= 11 is 0. The smallest absolute Gasteiger partial charge is 0.214 e. The molecule has 0 fully saturated rings. The van der Waals surface area contributed by atoms with Gasteiger partial charge < -0.3 is 9.05 Å². The summed E-state index contributed by atoms with van der Waals surface area (Å²) in [4.78, 5) is 0. The zero-order valence-electron chi connectivity index (χ0n) is 7.41. The Balaban J connectivity index is 2.15. The summed E-state index contributed by atoms with van der Waals surface area (Å²) in [5.74, 6) is 0.487. The SMILES string of the molecule is c1cc(-c2onnc2-c2ccon2)[nH]n1. The van der Waals surface area contributed by atoms with Crippen LogP contribution in [0.5, 0.6) is 0 Å². The van der Waals surface area contributed by atoms with Crippen molar-refractivity contribution < 1.29 is 9.05 Å². The first-order valence-corrected chi connectivity index (χ1v) is 4.18. The third kappa shape index (κ3) is 1.21. The van der Waals surface area contributed by atoms with Gasteiger partial charge in [-0.05, 0) is 6.07 Å². The molecule has 15 heavy (non-hydrogen) atoms. The minimum Gasteiger partial charge on any atom is -0.364 e. The molecule has 0 spiro atoms. The molecule has 0 bridgehead atoms. The topological polar surface area (TPSA) is 93.6 Å². The van der Waals surface area contributed by atoms with Crippen LogP contribution in [0, 0.1) is 0 Å². The van der Waals surface area contributed by atoms with E-state index in [2.05, 4.69) is 25.7 Å². The number of hydrogen-bond acceptors (Lipinski definition) is 6. The van der Waals surface area contributed by atoms with Gasteiger partial charge in [-0.1, -0.05) is 5.16 Å². The molecule has 0 aromatic carbocycles. The number of nitrogens with one attached hydrogen (secondary N) is 1. The van der Waals surface area contributed by atoms with Crippen LogP contribution >= 0.6 is 0 Å². The molecule has 0 atom stereocenters. The predicted molar refractivity (Wildman–Crippen MR) is 47.4 cm³/mol. The highest BCUT2D eigenvalue weighted by Gasteiger charge is 2.17. The molecule has 7 nitrogen and oxygen atoms in total. The van der Waals surface area contributed by atoms with Crippen molar-refractivity contribution >= 4 is 0 Å². The Kier molecular flexibility index (Phi) is 1.61. The summed E-state index contributed by atoms with van der Waals surface area (Å²) < 4.78 is 9.74. The van der Waals surface area contributed by atoms with Gasteiger partial charge in [-0.15, -0.1) is 5.10 Å². The molecule has 0 aliphatic carbocycles. The number of aromatic nitrogens is 5. The van der Waals surface area contributed by atoms with E-state index in [1.54, 1.807) is 18.3 Å². The summed E-state index contributed by atoms with van der Waals surface area (Å²) in [5.41, 5.74) is 1.78. The van der Waals surface area contributed by atoms with E-state index in [0.717, 1.165) is 0 Å². The normalized spacial score (nSPS) is 10.7. The third-order valence-corrected chi connectivity index (χ3v) is 1.91. The van der Waals surface area contributed by atoms with E-state index in [1.165, 1.54) is 6.26 Å². The molecule has 3 aromatic rings. The standard InChI is InChI=1S/C8H5N5O2/c1-3-9-10-6(1)8-7(11-13-15-8)5-2-4-14-12-5/h1-4H,(H,9,10). The molecule has 0 amide bonds. The quantitative estimate of drug-likeness (QED) is 0.670. The molecule has 0 radical (unpaired) electrons. The lowest BCUT2D eigenvalue weighted by molar-refractivity contribution is 0.402. The molecule has 74 valence electrons. The van der Waals surface area contributed by atoms with E-state index >= 15 is 0 Å². The Morgan fingerprint density at radius 2 is 2.27 bits per heavy atom. The second kappa shape index (κ2) is 3.05. The van der Waals surface area contributed by atoms with Gasteiger partial charge in [-0.2, -0.15) is 5.10 Å². The summed E-state index contributed by atoms with van der Waals surface area (Å²) in [6.07, 6.45) is 3.07. The van der Waals surface area contributed by atoms with Crippen LogP contribution in [0.25, 0.3) is 22.8 Å². The minimum absolute atomic E-state index is 0.487. The average molecular weight is 203 g/mol. The van der Waals surface area contributed by atoms with Crippen LogP contribution < -0.4 is 0 Å². The lowest BCUT2D eigenvalue weighted by atomic mass is 10.2. The average Bonchev–Trinajstić information content (AvgIpc) is 3.01. The predicted octanol–water partition coefficient (Wildman–Crippen LogP) is 1.11. The van der Waals surface area contributed by atoms with Crippen LogP contribution in [0.4, 0.5) is 0 Å². The Labute approximate surface area is 83.1 Å². The Morgan fingerprint density at radius 1 is 1.27 bits per heavy atom. The maximum Gasteiger partial charge on any atom is 0.214 e. The highest BCUT2D eigenvalue weighted by atomic mass is 16.5. The summed E-state index contributed by atoms with van der Waals surface area (Å²) in [6.45, 7) is 0. The maximum absolute atomic E-state index is 5.02. The van der Waals surface area contributed by atoms with Gasteiger partial charge >= 0.3 is 0 Å². The van der Waals surface area contributed by atoms with Crippen molar-refractivity contribution in [2.45, 2.75) is 0 Å². The Bertz CT molecular complexity index is 491. The highest BCUT2D eigenvalue weighted by molar-refractivity contribution is 5.71. The number of rotatable bonds is 2. The van der Waals surface area contributed by atoms with Gasteiger partial charge in [0.15, 0.2) is 5.69 Å². The Morgan fingerprint density at radius 3 is 3.00 bits per heavy atom. The molecule has 0 aliphatic heterocycles. The van der Waals surface area contributed by atoms with Crippen molar-refractivity contribution in [1.29, 1.82) is 0 Å². The first kappa shape index (κ1) is 7.92. The monoisotopic (exact) mass is 203 g/mol. The van der Waals surface area contributed by atoms with Gasteiger partial charge in [-0.3, -0.25) is 5.10 Å². The molecule has 7 heteroatoms. The maximum atomic E-state index is 5.02. The lowest BCUT2D eigenvalue weighted by Crippen LogP contribution is -1.82. The van der Waals surface area contributed by atoms with Crippen LogP contribution in [-0.2, 0) is 0 Å². The number of nitrogens with zero attached hydrogens (tertiary/aromatic N) is 4. The van der Waals surface area contributed by atoms with Crippen molar-refractivity contribution in [2.75, 3.05) is 0 Å². The Hall–Kier alpha value is -2.44. The van der Waals surface area contributed by atoms with Gasteiger partial charge in [0.2, 0.25) is 5.76 Å². The minimum atomic E-state index is 0.487. The fourth-order valence-corrected chi connectivity index (χ4v) is 1.25. The fourth-order valence-electron chi connectivity index (χ4n) is 1.25. The zero-order valence-corrected chi connectivity index (χ0v) is 7.41. The number of hydrogen-bond donors (Lipinski definition) is 1. The van der Waals surface area contributed by atoms with E-state index in [-0.39, 0.29) is 0 Å². The molecular formula is C8H5N5O2. The van der Waals surface area contributed by atoms with E-state index in [1.807, 2.05) is 0 Å². The van der Waals surface area contributed by atoms with E-state index in [9.17, 15) is 0 Å². The summed E-state index contributed by atoms with van der Waals surface area (Å²) in [5, 5.41) is 17.6. The first-order chi connectivity index (χ1) is 7.45. The van der Waals surface area contributed by atoms with E-state index in [0.29, 0.717) is 22.8 Å². The van der Waals surface area contributed by atoms with Crippen LogP contribution in [0.1, 0.15) is 0 Å². The molecule has 0 saturated carbocycles. The van der Waals surface area contributed by atoms with Gasteiger partial charge in [0.25, 0.3) is 0 Å². The van der Waals surface area contributed by atoms with Gasteiger partial charge in [0, 0.05) is 17.5 Å². The molecule has 0 unspecified atom stereocenters. The van der Waals surface area contributed by atoms with Gasteiger partial charge in [0.1, 0.15) is 17.7 Å². The summed E-state index contributed by atoms with van der Waals surface area (Å²) in [7, 11) is 0. The summed E-state index contributed by atoms with van der Waals surface area (Å²) in [6, 6.07) is 3.44. The van der Waals surface area contributed by atoms with Crippen molar-refractivity contribution in [3.05, 3.63) is 24.6 Å². The van der Waals surface area contributed by atoms with Crippen molar-refractivity contribution in [1.82, 2.24) is 25.7 Å². The molecular weight excluding hydrogens is 198 g/mol. The van der Waals surface area contributed by atoms with Gasteiger partial charge in [0.05, 0.1) is 0 Å². The first-order valence-electron chi connectivity index (χ1n) is 4.18. The van der Waals surface area contributed by atoms with Crippen LogP contribution in [-0.4, -0.2) is 25.7 Å². The largest absolute Gasteiger partial charge is 0.364 e. The van der Waals surface area contributed by atoms with E-state index in [4.69, 9.17) is 9.05 Å². The molecule has 3 rings (SSSR count). The van der Waals surface area contributed by atoms with Crippen LogP contribution in [0.2, 0.25) is 0 Å². The second-order valence-corrected chi connectivity index (χ2v) is 2.81. The molecule has 1 N–H and O–H groups in total. The van der Waals surface area contributed by atoms with Crippen molar-refractivity contribution in [3.8, 4) is 22.8 Å². The van der Waals surface area contributed by atoms with Crippen LogP contribution in [0.15, 0.2) is 33.6 Å². The zero-order chi connectivity index (χ0) is 10.1. The molecule has 0 aliphatic rings. The molecule has 3 heterocycles. The highest BCUT2D eigenvalue weighted by Crippen LogP contribution is 2.26. The van der Waals surface area contributed by atoms with Gasteiger partial charge in [-0.25, -0.2) is 0 Å². The number of aromatic amines is 1. The molecule has 0 saturated heterocycles. The van der Waals surface area contributed by atoms with Crippen molar-refractivity contribution in [3.63, 3.8) is 0 Å². The van der Waals surface area contributed by atoms with E-state index < -0.39 is 0 Å². The lowest BCUT2D eigenvalue weighted by Gasteiger charge is -1.90. The number of H-pyrrole nitrogens is 1. The molecule has 3 aromatic heterocycles.